The third kappa shape index (κ3) is 2.69. The molecule has 4 atom stereocenters. The van der Waals surface area contributed by atoms with Gasteiger partial charge in [0.25, 0.3) is 0 Å². The number of methoxy groups -OCH3 is 1. The lowest BCUT2D eigenvalue weighted by Gasteiger charge is -2.34. The number of ether oxygens (including phenoxy) is 1. The van der Waals surface area contributed by atoms with E-state index in [-0.39, 0.29) is 12.1 Å². The monoisotopic (exact) mass is 390 g/mol. The fraction of sp³-hybridized carbons (Fsp3) is 0.429. The number of nitriles is 1. The molecule has 5 rings (SSSR count). The highest BCUT2D eigenvalue weighted by Gasteiger charge is 2.52. The molecule has 3 aliphatic heterocycles. The third-order valence-electron chi connectivity index (χ3n) is 6.62. The van der Waals surface area contributed by atoms with E-state index in [1.807, 2.05) is 17.0 Å². The van der Waals surface area contributed by atoms with Crippen LogP contribution in [0.3, 0.4) is 0 Å². The Balaban J connectivity index is 1.58. The molecule has 0 spiro atoms. The molecule has 1 aromatic carbocycles. The summed E-state index contributed by atoms with van der Waals surface area (Å²) in [5.74, 6) is 0.970. The number of hydrogen-bond donors (Lipinski definition) is 1. The van der Waals surface area contributed by atoms with Crippen LogP contribution in [-0.4, -0.2) is 46.0 Å². The van der Waals surface area contributed by atoms with Gasteiger partial charge < -0.3 is 20.3 Å². The van der Waals surface area contributed by atoms with Gasteiger partial charge in [-0.3, -0.25) is 4.79 Å². The average molecular weight is 390 g/mol. The summed E-state index contributed by atoms with van der Waals surface area (Å²) in [7, 11) is 1.58. The fourth-order valence-corrected chi connectivity index (χ4v) is 5.40. The zero-order valence-corrected chi connectivity index (χ0v) is 16.2. The molecule has 2 bridgehead atoms. The van der Waals surface area contributed by atoms with E-state index < -0.39 is 5.91 Å². The van der Waals surface area contributed by atoms with E-state index in [4.69, 9.17) is 10.5 Å². The van der Waals surface area contributed by atoms with Crippen LogP contribution in [-0.2, 0) is 6.42 Å². The lowest BCUT2D eigenvalue weighted by atomic mass is 9.82. The molecule has 2 fully saturated rings. The number of nitrogens with zero attached hydrogens (tertiary/aromatic N) is 5. The van der Waals surface area contributed by atoms with Gasteiger partial charge in [0.15, 0.2) is 6.19 Å². The highest BCUT2D eigenvalue weighted by atomic mass is 16.5. The average Bonchev–Trinajstić information content (AvgIpc) is 3.42. The molecule has 148 valence electrons. The van der Waals surface area contributed by atoms with Crippen molar-refractivity contribution in [2.45, 2.75) is 43.8 Å². The van der Waals surface area contributed by atoms with Crippen LogP contribution >= 0.6 is 0 Å². The Labute approximate surface area is 168 Å². The summed E-state index contributed by atoms with van der Waals surface area (Å²) in [4.78, 5) is 24.9. The zero-order chi connectivity index (χ0) is 20.1. The summed E-state index contributed by atoms with van der Waals surface area (Å²) in [6.45, 7) is 0. The Morgan fingerprint density at radius 2 is 2.17 bits per heavy atom. The van der Waals surface area contributed by atoms with Gasteiger partial charge in [0.2, 0.25) is 17.7 Å². The number of carbonyl (C=O) groups excluding carboxylic acids is 1. The highest BCUT2D eigenvalue weighted by Crippen LogP contribution is 2.49. The predicted molar refractivity (Wildman–Crippen MR) is 106 cm³/mol. The second-order valence-corrected chi connectivity index (χ2v) is 7.95. The molecule has 29 heavy (non-hydrogen) atoms. The Morgan fingerprint density at radius 1 is 1.31 bits per heavy atom. The highest BCUT2D eigenvalue weighted by molar-refractivity contribution is 5.94. The van der Waals surface area contributed by atoms with Gasteiger partial charge in [-0.15, -0.1) is 0 Å². The Morgan fingerprint density at radius 3 is 2.90 bits per heavy atom. The Kier molecular flexibility index (Phi) is 4.05. The lowest BCUT2D eigenvalue weighted by Crippen LogP contribution is -2.41. The first kappa shape index (κ1) is 17.7. The van der Waals surface area contributed by atoms with Crippen molar-refractivity contribution in [2.24, 2.45) is 11.7 Å². The van der Waals surface area contributed by atoms with E-state index in [0.29, 0.717) is 29.4 Å². The topological polar surface area (TPSA) is 108 Å². The van der Waals surface area contributed by atoms with E-state index in [0.717, 1.165) is 36.9 Å². The number of anilines is 2. The number of hydrogen-bond acceptors (Lipinski definition) is 7. The fourth-order valence-electron chi connectivity index (χ4n) is 5.40. The van der Waals surface area contributed by atoms with Crippen LogP contribution < -0.4 is 15.4 Å². The van der Waals surface area contributed by atoms with Crippen molar-refractivity contribution < 1.29 is 9.53 Å². The molecule has 1 amide bonds. The zero-order valence-electron chi connectivity index (χ0n) is 16.2. The maximum absolute atomic E-state index is 11.7. The lowest BCUT2D eigenvalue weighted by molar-refractivity contribution is 0.1000. The van der Waals surface area contributed by atoms with E-state index in [1.54, 1.807) is 25.4 Å². The SMILES string of the molecule is COc1ccnc(N2c3ccc(C(N)=O)cc3CC2C2CC3CCC2N3C#N)n1. The number of carbonyl (C=O) groups is 1. The van der Waals surface area contributed by atoms with Gasteiger partial charge in [0, 0.05) is 47.6 Å². The Hall–Kier alpha value is -3.34. The maximum Gasteiger partial charge on any atom is 0.248 e. The second kappa shape index (κ2) is 6.62. The minimum atomic E-state index is -0.434. The van der Waals surface area contributed by atoms with Gasteiger partial charge in [-0.05, 0) is 49.4 Å². The second-order valence-electron chi connectivity index (χ2n) is 7.95. The van der Waals surface area contributed by atoms with Gasteiger partial charge in [0.1, 0.15) is 0 Å². The molecule has 2 aromatic rings. The van der Waals surface area contributed by atoms with Gasteiger partial charge in [-0.2, -0.15) is 10.2 Å². The van der Waals surface area contributed by atoms with Gasteiger partial charge in [-0.1, -0.05) is 0 Å². The summed E-state index contributed by atoms with van der Waals surface area (Å²) in [6, 6.07) is 7.96. The molecular formula is C21H22N6O2. The third-order valence-corrected chi connectivity index (χ3v) is 6.62. The minimum Gasteiger partial charge on any atom is -0.481 e. The van der Waals surface area contributed by atoms with Crippen molar-refractivity contribution >= 4 is 17.5 Å². The molecule has 2 N–H and O–H groups in total. The normalized spacial score (nSPS) is 27.0. The van der Waals surface area contributed by atoms with Gasteiger partial charge in [0.05, 0.1) is 7.11 Å². The van der Waals surface area contributed by atoms with Gasteiger partial charge in [-0.25, -0.2) is 4.98 Å². The van der Waals surface area contributed by atoms with Crippen molar-refractivity contribution in [1.82, 2.24) is 14.9 Å². The van der Waals surface area contributed by atoms with Crippen LogP contribution in [0.25, 0.3) is 0 Å². The molecule has 8 heteroatoms. The van der Waals surface area contributed by atoms with Crippen LogP contribution in [0.1, 0.15) is 35.2 Å². The molecule has 0 radical (unpaired) electrons. The summed E-state index contributed by atoms with van der Waals surface area (Å²) in [6.07, 6.45) is 7.96. The summed E-state index contributed by atoms with van der Waals surface area (Å²) >= 11 is 0. The number of benzene rings is 1. The number of amides is 1. The number of nitrogens with two attached hydrogens (primary N) is 1. The Bertz CT molecular complexity index is 1020. The quantitative estimate of drug-likeness (QED) is 0.795. The first-order chi connectivity index (χ1) is 14.1. The summed E-state index contributed by atoms with van der Waals surface area (Å²) in [5.41, 5.74) is 8.04. The van der Waals surface area contributed by atoms with Crippen molar-refractivity contribution in [3.8, 4) is 12.1 Å². The molecule has 4 heterocycles. The molecule has 4 unspecified atom stereocenters. The standard InChI is InChI=1S/C21H22N6O2/c1-29-19-6-7-24-21(25-19)27-16-4-2-12(20(23)28)8-13(16)9-18(27)15-10-14-3-5-17(15)26(14)11-22/h2,4,6-8,14-15,17-18H,3,5,9-10H2,1H3,(H2,23,28). The smallest absolute Gasteiger partial charge is 0.248 e. The first-order valence-corrected chi connectivity index (χ1v) is 9.87. The van der Waals surface area contributed by atoms with E-state index in [2.05, 4.69) is 21.1 Å². The van der Waals surface area contributed by atoms with Crippen LogP contribution in [0, 0.1) is 17.4 Å². The minimum absolute atomic E-state index is 0.117. The summed E-state index contributed by atoms with van der Waals surface area (Å²) in [5, 5.41) is 9.60. The van der Waals surface area contributed by atoms with Gasteiger partial charge >= 0.3 is 0 Å². The molecule has 0 aliphatic carbocycles. The van der Waals surface area contributed by atoms with Crippen LogP contribution in [0.4, 0.5) is 11.6 Å². The number of aromatic nitrogens is 2. The van der Waals surface area contributed by atoms with Crippen molar-refractivity contribution in [3.05, 3.63) is 41.6 Å². The maximum atomic E-state index is 11.7. The molecule has 2 saturated heterocycles. The largest absolute Gasteiger partial charge is 0.481 e. The van der Waals surface area contributed by atoms with Crippen LogP contribution in [0.2, 0.25) is 0 Å². The number of primary amides is 1. The summed E-state index contributed by atoms with van der Waals surface area (Å²) < 4.78 is 5.31. The van der Waals surface area contributed by atoms with Crippen molar-refractivity contribution in [1.29, 1.82) is 5.26 Å². The van der Waals surface area contributed by atoms with E-state index >= 15 is 0 Å². The van der Waals surface area contributed by atoms with Crippen LogP contribution in [0.15, 0.2) is 30.5 Å². The molecule has 1 aromatic heterocycles. The molecule has 0 saturated carbocycles. The number of rotatable bonds is 4. The van der Waals surface area contributed by atoms with Crippen LogP contribution in [0.5, 0.6) is 5.88 Å². The first-order valence-electron chi connectivity index (χ1n) is 9.87. The van der Waals surface area contributed by atoms with Crippen molar-refractivity contribution in [3.63, 3.8) is 0 Å². The molecule has 3 aliphatic rings. The van der Waals surface area contributed by atoms with Crippen molar-refractivity contribution in [2.75, 3.05) is 12.0 Å². The number of fused-ring (bicyclic) bond motifs is 3. The predicted octanol–water partition coefficient (Wildman–Crippen LogP) is 1.98. The van der Waals surface area contributed by atoms with E-state index in [9.17, 15) is 10.1 Å². The molecular weight excluding hydrogens is 368 g/mol. The van der Waals surface area contributed by atoms with E-state index in [1.165, 1.54) is 0 Å². The molecule has 8 nitrogen and oxygen atoms in total.